The van der Waals surface area contributed by atoms with Gasteiger partial charge >= 0.3 is 6.18 Å². The number of alkyl halides is 3. The van der Waals surface area contributed by atoms with E-state index in [1.807, 2.05) is 0 Å². The van der Waals surface area contributed by atoms with Gasteiger partial charge in [-0.15, -0.1) is 0 Å². The maximum absolute atomic E-state index is 12.9. The molecule has 0 fully saturated rings. The van der Waals surface area contributed by atoms with Crippen LogP contribution in [0.3, 0.4) is 0 Å². The molecule has 0 aliphatic carbocycles. The summed E-state index contributed by atoms with van der Waals surface area (Å²) >= 11 is 0. The van der Waals surface area contributed by atoms with Crippen molar-refractivity contribution in [3.63, 3.8) is 0 Å². The van der Waals surface area contributed by atoms with Crippen LogP contribution in [0.2, 0.25) is 0 Å². The Balaban J connectivity index is 2.71. The summed E-state index contributed by atoms with van der Waals surface area (Å²) in [5, 5.41) is 0. The molecule has 1 aromatic rings. The van der Waals surface area contributed by atoms with Gasteiger partial charge in [0.1, 0.15) is 5.69 Å². The summed E-state index contributed by atoms with van der Waals surface area (Å²) in [6.07, 6.45) is -3.36. The van der Waals surface area contributed by atoms with Crippen molar-refractivity contribution in [2.45, 2.75) is 32.5 Å². The minimum absolute atomic E-state index is 0.165. The SMILES string of the molecule is Cc1c(C(F)(F)F)n2c(nc1=O)OCCCC2. The van der Waals surface area contributed by atoms with Crippen molar-refractivity contribution in [2.75, 3.05) is 6.61 Å². The van der Waals surface area contributed by atoms with Crippen molar-refractivity contribution in [1.82, 2.24) is 9.55 Å². The van der Waals surface area contributed by atoms with Gasteiger partial charge in [-0.05, 0) is 19.8 Å². The summed E-state index contributed by atoms with van der Waals surface area (Å²) in [6.45, 7) is 1.58. The van der Waals surface area contributed by atoms with Crippen LogP contribution in [-0.2, 0) is 12.7 Å². The van der Waals surface area contributed by atoms with Gasteiger partial charge in [-0.1, -0.05) is 0 Å². The first-order valence-corrected chi connectivity index (χ1v) is 5.22. The van der Waals surface area contributed by atoms with Crippen molar-refractivity contribution < 1.29 is 17.9 Å². The summed E-state index contributed by atoms with van der Waals surface area (Å²) in [6, 6.07) is -0.231. The number of halogens is 3. The minimum atomic E-state index is -4.57. The predicted molar refractivity (Wildman–Crippen MR) is 53.0 cm³/mol. The largest absolute Gasteiger partial charge is 0.465 e. The van der Waals surface area contributed by atoms with Gasteiger partial charge in [-0.25, -0.2) is 0 Å². The van der Waals surface area contributed by atoms with Gasteiger partial charge in [0, 0.05) is 12.1 Å². The number of nitrogens with zero attached hydrogens (tertiary/aromatic N) is 2. The normalized spacial score (nSPS) is 16.0. The third kappa shape index (κ3) is 2.13. The highest BCUT2D eigenvalue weighted by Gasteiger charge is 2.38. The first kappa shape index (κ1) is 11.9. The van der Waals surface area contributed by atoms with E-state index in [-0.39, 0.29) is 24.7 Å². The van der Waals surface area contributed by atoms with Crippen LogP contribution in [0.5, 0.6) is 6.01 Å². The van der Waals surface area contributed by atoms with E-state index in [2.05, 4.69) is 4.98 Å². The van der Waals surface area contributed by atoms with E-state index in [0.29, 0.717) is 12.8 Å². The lowest BCUT2D eigenvalue weighted by molar-refractivity contribution is -0.145. The zero-order chi connectivity index (χ0) is 12.6. The Hall–Kier alpha value is -1.53. The molecule has 2 heterocycles. The smallest absolute Gasteiger partial charge is 0.432 e. The lowest BCUT2D eigenvalue weighted by Gasteiger charge is -2.18. The Labute approximate surface area is 95.0 Å². The molecule has 1 aliphatic rings. The lowest BCUT2D eigenvalue weighted by Crippen LogP contribution is -2.27. The van der Waals surface area contributed by atoms with Gasteiger partial charge in [0.2, 0.25) is 0 Å². The summed E-state index contributed by atoms with van der Waals surface area (Å²) in [5.74, 6) is 0. The number of fused-ring (bicyclic) bond motifs is 1. The molecule has 0 radical (unpaired) electrons. The molecule has 0 unspecified atom stereocenters. The molecule has 1 aliphatic heterocycles. The van der Waals surface area contributed by atoms with Gasteiger partial charge in [0.15, 0.2) is 0 Å². The number of rotatable bonds is 0. The van der Waals surface area contributed by atoms with E-state index in [1.165, 1.54) is 0 Å². The third-order valence-electron chi connectivity index (χ3n) is 2.65. The first-order valence-electron chi connectivity index (χ1n) is 5.22. The maximum atomic E-state index is 12.9. The van der Waals surface area contributed by atoms with Crippen LogP contribution in [0, 0.1) is 6.92 Å². The average Bonchev–Trinajstić information content (AvgIpc) is 2.42. The Morgan fingerprint density at radius 2 is 2.06 bits per heavy atom. The Kier molecular flexibility index (Phi) is 2.84. The van der Waals surface area contributed by atoms with E-state index >= 15 is 0 Å². The van der Waals surface area contributed by atoms with Crippen molar-refractivity contribution in [1.29, 1.82) is 0 Å². The van der Waals surface area contributed by atoms with Crippen LogP contribution in [-0.4, -0.2) is 16.2 Å². The van der Waals surface area contributed by atoms with Gasteiger partial charge in [0.25, 0.3) is 11.6 Å². The quantitative estimate of drug-likeness (QED) is 0.702. The third-order valence-corrected chi connectivity index (χ3v) is 2.65. The summed E-state index contributed by atoms with van der Waals surface area (Å²) < 4.78 is 44.7. The second-order valence-corrected chi connectivity index (χ2v) is 3.88. The summed E-state index contributed by atoms with van der Waals surface area (Å²) in [7, 11) is 0. The van der Waals surface area contributed by atoms with E-state index in [9.17, 15) is 18.0 Å². The van der Waals surface area contributed by atoms with E-state index in [0.717, 1.165) is 11.5 Å². The Bertz CT molecular complexity index is 494. The van der Waals surface area contributed by atoms with Gasteiger partial charge in [0.05, 0.1) is 6.61 Å². The molecular weight excluding hydrogens is 237 g/mol. The number of aromatic nitrogens is 2. The predicted octanol–water partition coefficient (Wildman–Crippen LogP) is 1.74. The minimum Gasteiger partial charge on any atom is -0.465 e. The molecule has 0 N–H and O–H groups in total. The number of hydrogen-bond acceptors (Lipinski definition) is 3. The first-order chi connectivity index (χ1) is 7.91. The molecule has 0 bridgehead atoms. The van der Waals surface area contributed by atoms with Gasteiger partial charge in [-0.2, -0.15) is 18.2 Å². The molecule has 0 saturated carbocycles. The fourth-order valence-corrected chi connectivity index (χ4v) is 1.85. The number of ether oxygens (including phenoxy) is 1. The highest BCUT2D eigenvalue weighted by molar-refractivity contribution is 5.23. The fraction of sp³-hybridized carbons (Fsp3) is 0.600. The van der Waals surface area contributed by atoms with Crippen LogP contribution in [0.1, 0.15) is 24.1 Å². The van der Waals surface area contributed by atoms with Crippen LogP contribution >= 0.6 is 0 Å². The second-order valence-electron chi connectivity index (χ2n) is 3.88. The highest BCUT2D eigenvalue weighted by atomic mass is 19.4. The molecule has 4 nitrogen and oxygen atoms in total. The average molecular weight is 248 g/mol. The molecule has 94 valence electrons. The topological polar surface area (TPSA) is 44.1 Å². The molecule has 2 rings (SSSR count). The molecule has 1 aromatic heterocycles. The second kappa shape index (κ2) is 4.05. The van der Waals surface area contributed by atoms with Crippen molar-refractivity contribution >= 4 is 0 Å². The molecule has 17 heavy (non-hydrogen) atoms. The van der Waals surface area contributed by atoms with Gasteiger partial charge < -0.3 is 4.74 Å². The molecule has 0 atom stereocenters. The van der Waals surface area contributed by atoms with Gasteiger partial charge in [-0.3, -0.25) is 9.36 Å². The van der Waals surface area contributed by atoms with Crippen LogP contribution in [0.4, 0.5) is 13.2 Å². The van der Waals surface area contributed by atoms with Crippen LogP contribution in [0.15, 0.2) is 4.79 Å². The van der Waals surface area contributed by atoms with E-state index in [1.54, 1.807) is 0 Å². The Morgan fingerprint density at radius 1 is 1.35 bits per heavy atom. The molecular formula is C10H11F3N2O2. The summed E-state index contributed by atoms with van der Waals surface area (Å²) in [5.41, 5.74) is -2.22. The molecule has 7 heteroatoms. The monoisotopic (exact) mass is 248 g/mol. The van der Waals surface area contributed by atoms with E-state index in [4.69, 9.17) is 4.74 Å². The lowest BCUT2D eigenvalue weighted by atomic mass is 10.2. The van der Waals surface area contributed by atoms with Crippen LogP contribution < -0.4 is 10.3 Å². The van der Waals surface area contributed by atoms with Crippen LogP contribution in [0.25, 0.3) is 0 Å². The van der Waals surface area contributed by atoms with Crippen molar-refractivity contribution in [2.24, 2.45) is 0 Å². The van der Waals surface area contributed by atoms with Crippen molar-refractivity contribution in [3.05, 3.63) is 21.6 Å². The summed E-state index contributed by atoms with van der Waals surface area (Å²) in [4.78, 5) is 14.9. The Morgan fingerprint density at radius 3 is 2.71 bits per heavy atom. The molecule has 0 aromatic carbocycles. The zero-order valence-electron chi connectivity index (χ0n) is 9.17. The molecule has 0 amide bonds. The molecule has 0 spiro atoms. The number of hydrogen-bond donors (Lipinski definition) is 0. The van der Waals surface area contributed by atoms with E-state index < -0.39 is 17.4 Å². The zero-order valence-corrected chi connectivity index (χ0v) is 9.17. The highest BCUT2D eigenvalue weighted by Crippen LogP contribution is 2.33. The molecule has 0 saturated heterocycles. The van der Waals surface area contributed by atoms with Crippen molar-refractivity contribution in [3.8, 4) is 6.01 Å². The maximum Gasteiger partial charge on any atom is 0.432 e. The fourth-order valence-electron chi connectivity index (χ4n) is 1.85. The standard InChI is InChI=1S/C10H11F3N2O2/c1-6-7(10(11,12)13)15-4-2-3-5-17-9(15)14-8(6)16/h2-5H2,1H3.